The van der Waals surface area contributed by atoms with Gasteiger partial charge in [0.15, 0.2) is 5.54 Å². The van der Waals surface area contributed by atoms with Crippen molar-refractivity contribution in [2.75, 3.05) is 6.61 Å². The highest BCUT2D eigenvalue weighted by Gasteiger charge is 2.68. The summed E-state index contributed by atoms with van der Waals surface area (Å²) < 4.78 is 0. The molecule has 150 valence electrons. The van der Waals surface area contributed by atoms with Crippen molar-refractivity contribution in [1.29, 1.82) is 0 Å². The smallest absolute Gasteiger partial charge is 0.327 e. The van der Waals surface area contributed by atoms with Gasteiger partial charge in [0.2, 0.25) is 11.8 Å². The van der Waals surface area contributed by atoms with Crippen molar-refractivity contribution in [3.63, 3.8) is 0 Å². The van der Waals surface area contributed by atoms with E-state index in [2.05, 4.69) is 5.32 Å². The van der Waals surface area contributed by atoms with Crippen molar-refractivity contribution in [3.8, 4) is 5.75 Å². The number of aliphatic carboxylic acids is 1. The number of likely N-dealkylation sites (tertiary alicyclic amines) is 1. The van der Waals surface area contributed by atoms with E-state index in [1.807, 2.05) is 6.07 Å². The van der Waals surface area contributed by atoms with E-state index in [4.69, 9.17) is 0 Å². The average molecular weight is 396 g/mol. The number of phenolic OH excluding ortho intramolecular Hbond substituents is 1. The van der Waals surface area contributed by atoms with Crippen LogP contribution in [0.5, 0.6) is 5.75 Å². The number of imide groups is 1. The summed E-state index contributed by atoms with van der Waals surface area (Å²) >= 11 is 0. The molecule has 8 nitrogen and oxygen atoms in total. The topological polar surface area (TPSA) is 127 Å². The number of nitrogens with one attached hydrogen (secondary N) is 1. The van der Waals surface area contributed by atoms with Gasteiger partial charge in [0.1, 0.15) is 5.75 Å². The first kappa shape index (κ1) is 19.1. The minimum Gasteiger partial charge on any atom is -0.508 e. The van der Waals surface area contributed by atoms with Gasteiger partial charge < -0.3 is 15.3 Å². The van der Waals surface area contributed by atoms with Crippen LogP contribution in [0.4, 0.5) is 0 Å². The third-order valence-corrected chi connectivity index (χ3v) is 5.83. The number of carbonyl (C=O) groups excluding carboxylic acids is 2. The number of fused-ring (bicyclic) bond motifs is 1. The zero-order chi connectivity index (χ0) is 20.8. The number of amides is 2. The van der Waals surface area contributed by atoms with Gasteiger partial charge in [0.25, 0.3) is 0 Å². The third-order valence-electron chi connectivity index (χ3n) is 5.83. The number of carbonyl (C=O) groups is 3. The molecule has 4 N–H and O–H groups in total. The summed E-state index contributed by atoms with van der Waals surface area (Å²) in [7, 11) is 0. The Morgan fingerprint density at radius 3 is 2.31 bits per heavy atom. The second-order valence-corrected chi connectivity index (χ2v) is 7.37. The first-order valence-electron chi connectivity index (χ1n) is 9.19. The molecule has 2 aliphatic heterocycles. The molecule has 0 aliphatic carbocycles. The van der Waals surface area contributed by atoms with Gasteiger partial charge in [0.05, 0.1) is 25.0 Å². The molecular formula is C21H20N2O6. The molecule has 2 aliphatic rings. The summed E-state index contributed by atoms with van der Waals surface area (Å²) in [4.78, 5) is 39.6. The van der Waals surface area contributed by atoms with E-state index in [0.29, 0.717) is 5.56 Å². The number of phenols is 1. The molecule has 4 unspecified atom stereocenters. The molecule has 0 aromatic heterocycles. The fourth-order valence-electron chi connectivity index (χ4n) is 4.41. The zero-order valence-corrected chi connectivity index (χ0v) is 15.4. The van der Waals surface area contributed by atoms with Gasteiger partial charge in [-0.15, -0.1) is 0 Å². The highest BCUT2D eigenvalue weighted by atomic mass is 16.4. The van der Waals surface area contributed by atoms with Crippen LogP contribution in [0.15, 0.2) is 54.6 Å². The summed E-state index contributed by atoms with van der Waals surface area (Å²) in [5.74, 6) is -5.05. The Hall–Kier alpha value is -3.23. The van der Waals surface area contributed by atoms with Gasteiger partial charge in [-0.1, -0.05) is 48.5 Å². The van der Waals surface area contributed by atoms with Gasteiger partial charge in [0, 0.05) is 11.6 Å². The first-order chi connectivity index (χ1) is 13.9. The second-order valence-electron chi connectivity index (χ2n) is 7.37. The molecule has 2 aromatic carbocycles. The quantitative estimate of drug-likeness (QED) is 0.547. The van der Waals surface area contributed by atoms with Gasteiger partial charge in [-0.25, -0.2) is 0 Å². The molecule has 0 bridgehead atoms. The monoisotopic (exact) mass is 396 g/mol. The van der Waals surface area contributed by atoms with Crippen molar-refractivity contribution in [2.45, 2.75) is 18.1 Å². The molecule has 8 heteroatoms. The van der Waals surface area contributed by atoms with Crippen molar-refractivity contribution < 1.29 is 29.7 Å². The molecule has 0 radical (unpaired) electrons. The van der Waals surface area contributed by atoms with Crippen LogP contribution in [0.3, 0.4) is 0 Å². The van der Waals surface area contributed by atoms with Crippen LogP contribution in [0.2, 0.25) is 0 Å². The number of hydrogen-bond donors (Lipinski definition) is 4. The number of hydrogen-bond acceptors (Lipinski definition) is 6. The molecule has 2 fully saturated rings. The summed E-state index contributed by atoms with van der Waals surface area (Å²) in [6.07, 6.45) is 0. The number of benzene rings is 2. The predicted molar refractivity (Wildman–Crippen MR) is 100 cm³/mol. The van der Waals surface area contributed by atoms with Crippen LogP contribution in [-0.2, 0) is 20.9 Å². The lowest BCUT2D eigenvalue weighted by Gasteiger charge is -2.29. The highest BCUT2D eigenvalue weighted by Crippen LogP contribution is 2.50. The van der Waals surface area contributed by atoms with Crippen molar-refractivity contribution in [1.82, 2.24) is 10.2 Å². The average Bonchev–Trinajstić information content (AvgIpc) is 3.19. The number of rotatable bonds is 5. The number of carboxylic acid groups (broad SMARTS) is 1. The van der Waals surface area contributed by atoms with E-state index >= 15 is 0 Å². The van der Waals surface area contributed by atoms with Crippen molar-refractivity contribution in [3.05, 3.63) is 65.7 Å². The van der Waals surface area contributed by atoms with Gasteiger partial charge in [-0.05, 0) is 11.6 Å². The maximum atomic E-state index is 13.2. The minimum atomic E-state index is -2.02. The standard InChI is InChI=1S/C21H20N2O6/c24-11-21(20(28)29)16-15(17(22-21)13-8-4-5-9-14(13)25)18(26)23(19(16)27)10-12-6-2-1-3-7-12/h1-9,15-17,22,24-25H,10-11H2,(H,28,29). The molecular weight excluding hydrogens is 376 g/mol. The molecule has 4 atom stereocenters. The molecule has 4 rings (SSSR count). The van der Waals surface area contributed by atoms with Crippen LogP contribution in [-0.4, -0.2) is 50.1 Å². The van der Waals surface area contributed by atoms with E-state index in [0.717, 1.165) is 10.5 Å². The van der Waals surface area contributed by atoms with E-state index < -0.39 is 47.8 Å². The Morgan fingerprint density at radius 2 is 1.69 bits per heavy atom. The summed E-state index contributed by atoms with van der Waals surface area (Å²) in [6.45, 7) is -0.855. The maximum absolute atomic E-state index is 13.2. The Bertz CT molecular complexity index is 978. The normalized spacial score (nSPS) is 28.6. The van der Waals surface area contributed by atoms with Crippen LogP contribution < -0.4 is 5.32 Å². The van der Waals surface area contributed by atoms with Crippen LogP contribution in [0.25, 0.3) is 0 Å². The van der Waals surface area contributed by atoms with E-state index in [1.54, 1.807) is 42.5 Å². The third kappa shape index (κ3) is 2.80. The zero-order valence-electron chi connectivity index (χ0n) is 15.4. The Labute approximate surface area is 166 Å². The van der Waals surface area contributed by atoms with Crippen molar-refractivity contribution >= 4 is 17.8 Å². The number of carboxylic acids is 1. The van der Waals surface area contributed by atoms with Gasteiger partial charge in [-0.2, -0.15) is 0 Å². The number of aliphatic hydroxyl groups excluding tert-OH is 1. The number of nitrogens with zero attached hydrogens (tertiary/aromatic N) is 1. The maximum Gasteiger partial charge on any atom is 0.327 e. The Morgan fingerprint density at radius 1 is 1.03 bits per heavy atom. The van der Waals surface area contributed by atoms with Crippen LogP contribution >= 0.6 is 0 Å². The molecule has 2 aromatic rings. The Balaban J connectivity index is 1.79. The second kappa shape index (κ2) is 6.98. The molecule has 0 spiro atoms. The van der Waals surface area contributed by atoms with Crippen molar-refractivity contribution in [2.24, 2.45) is 11.8 Å². The predicted octanol–water partition coefficient (Wildman–Crippen LogP) is 0.654. The fourth-order valence-corrected chi connectivity index (χ4v) is 4.41. The first-order valence-corrected chi connectivity index (χ1v) is 9.19. The lowest BCUT2D eigenvalue weighted by atomic mass is 9.79. The number of para-hydroxylation sites is 1. The Kier molecular flexibility index (Phi) is 4.60. The summed E-state index contributed by atoms with van der Waals surface area (Å²) in [6, 6.07) is 14.2. The minimum absolute atomic E-state index is 0.0140. The van der Waals surface area contributed by atoms with E-state index in [-0.39, 0.29) is 12.3 Å². The fraction of sp³-hybridized carbons (Fsp3) is 0.286. The SMILES string of the molecule is O=C1C2C(c3ccccc3O)NC(CO)(C(=O)O)C2C(=O)N1Cc1ccccc1. The molecule has 2 amide bonds. The molecule has 2 saturated heterocycles. The van der Waals surface area contributed by atoms with Gasteiger partial charge in [-0.3, -0.25) is 24.6 Å². The highest BCUT2D eigenvalue weighted by molar-refractivity contribution is 6.09. The van der Waals surface area contributed by atoms with E-state index in [1.165, 1.54) is 6.07 Å². The van der Waals surface area contributed by atoms with Crippen LogP contribution in [0, 0.1) is 11.8 Å². The molecule has 2 heterocycles. The summed E-state index contributed by atoms with van der Waals surface area (Å²) in [5.41, 5.74) is -0.983. The lowest BCUT2D eigenvalue weighted by molar-refractivity contribution is -0.153. The molecule has 29 heavy (non-hydrogen) atoms. The largest absolute Gasteiger partial charge is 0.508 e. The number of aromatic hydroxyl groups is 1. The van der Waals surface area contributed by atoms with Gasteiger partial charge >= 0.3 is 5.97 Å². The molecule has 0 saturated carbocycles. The van der Waals surface area contributed by atoms with E-state index in [9.17, 15) is 29.7 Å². The number of aliphatic hydroxyl groups is 1. The van der Waals surface area contributed by atoms with Crippen LogP contribution in [0.1, 0.15) is 17.2 Å². The summed E-state index contributed by atoms with van der Waals surface area (Å²) in [5, 5.41) is 32.9. The lowest BCUT2D eigenvalue weighted by Crippen LogP contribution is -2.58.